The third kappa shape index (κ3) is 2.42. The van der Waals surface area contributed by atoms with Crippen LogP contribution in [0.25, 0.3) is 5.65 Å². The van der Waals surface area contributed by atoms with Gasteiger partial charge in [0.2, 0.25) is 0 Å². The molecule has 2 aromatic rings. The van der Waals surface area contributed by atoms with Crippen molar-refractivity contribution in [3.05, 3.63) is 30.1 Å². The van der Waals surface area contributed by atoms with E-state index in [1.54, 1.807) is 29.8 Å². The second kappa shape index (κ2) is 5.20. The summed E-state index contributed by atoms with van der Waals surface area (Å²) in [4.78, 5) is 15.5. The zero-order valence-electron chi connectivity index (χ0n) is 9.29. The second-order valence-electron chi connectivity index (χ2n) is 3.34. The summed E-state index contributed by atoms with van der Waals surface area (Å²) in [7, 11) is 1.61. The van der Waals surface area contributed by atoms with E-state index < -0.39 is 5.97 Å². The number of carboxylic acids is 1. The third-order valence-electron chi connectivity index (χ3n) is 2.23. The fourth-order valence-corrected chi connectivity index (χ4v) is 2.41. The van der Waals surface area contributed by atoms with Gasteiger partial charge in [-0.15, -0.1) is 11.8 Å². The third-order valence-corrected chi connectivity index (χ3v) is 3.16. The monoisotopic (exact) mass is 252 g/mol. The minimum atomic E-state index is -0.969. The van der Waals surface area contributed by atoms with Crippen molar-refractivity contribution in [2.24, 2.45) is 0 Å². The van der Waals surface area contributed by atoms with Crippen LogP contribution in [0.5, 0.6) is 0 Å². The molecule has 0 atom stereocenters. The number of hydrogen-bond acceptors (Lipinski definition) is 4. The molecule has 0 radical (unpaired) electrons. The molecule has 5 nitrogen and oxygen atoms in total. The fourth-order valence-electron chi connectivity index (χ4n) is 1.49. The van der Waals surface area contributed by atoms with Gasteiger partial charge in [-0.1, -0.05) is 6.07 Å². The van der Waals surface area contributed by atoms with Crippen molar-refractivity contribution in [1.82, 2.24) is 9.38 Å². The Morgan fingerprint density at radius 1 is 1.59 bits per heavy atom. The van der Waals surface area contributed by atoms with Gasteiger partial charge in [-0.2, -0.15) is 0 Å². The number of pyridine rings is 1. The number of thioether (sulfide) groups is 1. The topological polar surface area (TPSA) is 63.8 Å². The van der Waals surface area contributed by atoms with Gasteiger partial charge >= 0.3 is 5.97 Å². The molecule has 0 saturated carbocycles. The molecule has 0 fully saturated rings. The number of hydrogen-bond donors (Lipinski definition) is 1. The predicted molar refractivity (Wildman–Crippen MR) is 64.8 cm³/mol. The highest BCUT2D eigenvalue weighted by Gasteiger charge is 2.18. The van der Waals surface area contributed by atoms with Crippen LogP contribution in [-0.4, -0.2) is 39.9 Å². The van der Waals surface area contributed by atoms with Crippen molar-refractivity contribution < 1.29 is 14.6 Å². The molecule has 0 bridgehead atoms. The normalized spacial score (nSPS) is 10.9. The SMILES string of the molecule is COCCSc1nc2ccccn2c1C(=O)O. The molecule has 2 rings (SSSR count). The van der Waals surface area contributed by atoms with Gasteiger partial charge < -0.3 is 9.84 Å². The molecule has 0 aliphatic rings. The summed E-state index contributed by atoms with van der Waals surface area (Å²) in [5.74, 6) is -0.288. The number of aromatic nitrogens is 2. The molecule has 0 saturated heterocycles. The van der Waals surface area contributed by atoms with Crippen LogP contribution in [0.4, 0.5) is 0 Å². The lowest BCUT2D eigenvalue weighted by molar-refractivity contribution is 0.0685. The molecular weight excluding hydrogens is 240 g/mol. The van der Waals surface area contributed by atoms with Gasteiger partial charge in [0.15, 0.2) is 5.69 Å². The van der Waals surface area contributed by atoms with E-state index in [4.69, 9.17) is 4.74 Å². The average Bonchev–Trinajstić information content (AvgIpc) is 2.67. The molecule has 0 unspecified atom stereocenters. The van der Waals surface area contributed by atoms with Gasteiger partial charge in [0, 0.05) is 19.1 Å². The highest BCUT2D eigenvalue weighted by atomic mass is 32.2. The number of imidazole rings is 1. The maximum atomic E-state index is 11.2. The summed E-state index contributed by atoms with van der Waals surface area (Å²) in [5.41, 5.74) is 0.853. The number of nitrogens with zero attached hydrogens (tertiary/aromatic N) is 2. The number of rotatable bonds is 5. The summed E-state index contributed by atoms with van der Waals surface area (Å²) in [6, 6.07) is 5.40. The first kappa shape index (κ1) is 11.9. The van der Waals surface area contributed by atoms with Gasteiger partial charge in [0.1, 0.15) is 10.7 Å². The summed E-state index contributed by atoms with van der Waals surface area (Å²) in [5, 5.41) is 9.73. The van der Waals surface area contributed by atoms with E-state index in [0.29, 0.717) is 23.0 Å². The lowest BCUT2D eigenvalue weighted by Gasteiger charge is -1.99. The molecule has 0 aromatic carbocycles. The molecule has 0 spiro atoms. The highest BCUT2D eigenvalue weighted by Crippen LogP contribution is 2.23. The standard InChI is InChI=1S/C11H12N2O3S/c1-16-6-7-17-10-9(11(14)15)13-5-3-2-4-8(13)12-10/h2-5H,6-7H2,1H3,(H,14,15). The van der Waals surface area contributed by atoms with Crippen LogP contribution in [-0.2, 0) is 4.74 Å². The number of fused-ring (bicyclic) bond motifs is 1. The van der Waals surface area contributed by atoms with E-state index in [-0.39, 0.29) is 5.69 Å². The lowest BCUT2D eigenvalue weighted by Crippen LogP contribution is -2.03. The Morgan fingerprint density at radius 3 is 3.12 bits per heavy atom. The van der Waals surface area contributed by atoms with Crippen LogP contribution in [0.3, 0.4) is 0 Å². The molecule has 0 amide bonds. The molecule has 6 heteroatoms. The van der Waals surface area contributed by atoms with E-state index in [1.165, 1.54) is 11.8 Å². The van der Waals surface area contributed by atoms with Crippen molar-refractivity contribution in [3.8, 4) is 0 Å². The first-order valence-electron chi connectivity index (χ1n) is 5.06. The lowest BCUT2D eigenvalue weighted by atomic mass is 10.4. The highest BCUT2D eigenvalue weighted by molar-refractivity contribution is 7.99. The Bertz CT molecular complexity index is 538. The minimum Gasteiger partial charge on any atom is -0.476 e. The maximum Gasteiger partial charge on any atom is 0.355 e. The van der Waals surface area contributed by atoms with Crippen molar-refractivity contribution in [2.75, 3.05) is 19.5 Å². The second-order valence-corrected chi connectivity index (χ2v) is 4.42. The molecule has 90 valence electrons. The Hall–Kier alpha value is -1.53. The predicted octanol–water partition coefficient (Wildman–Crippen LogP) is 1.77. The quantitative estimate of drug-likeness (QED) is 0.649. The van der Waals surface area contributed by atoms with Gasteiger partial charge in [-0.05, 0) is 12.1 Å². The van der Waals surface area contributed by atoms with Crippen LogP contribution in [0.15, 0.2) is 29.4 Å². The van der Waals surface area contributed by atoms with Gasteiger partial charge in [0.05, 0.1) is 6.61 Å². The average molecular weight is 252 g/mol. The molecule has 17 heavy (non-hydrogen) atoms. The number of aromatic carboxylic acids is 1. The zero-order valence-corrected chi connectivity index (χ0v) is 10.1. The van der Waals surface area contributed by atoms with Gasteiger partial charge in [-0.3, -0.25) is 4.40 Å². The van der Waals surface area contributed by atoms with Crippen molar-refractivity contribution in [1.29, 1.82) is 0 Å². The van der Waals surface area contributed by atoms with Crippen molar-refractivity contribution >= 4 is 23.4 Å². The van der Waals surface area contributed by atoms with E-state index in [0.717, 1.165) is 0 Å². The van der Waals surface area contributed by atoms with E-state index in [2.05, 4.69) is 4.98 Å². The summed E-state index contributed by atoms with van der Waals surface area (Å²) in [6.45, 7) is 0.567. The van der Waals surface area contributed by atoms with E-state index in [1.807, 2.05) is 6.07 Å². The molecule has 2 heterocycles. The Balaban J connectivity index is 2.39. The molecule has 0 aliphatic carbocycles. The van der Waals surface area contributed by atoms with Crippen LogP contribution in [0.2, 0.25) is 0 Å². The molecule has 2 aromatic heterocycles. The Kier molecular flexibility index (Phi) is 3.65. The molecule has 0 aliphatic heterocycles. The zero-order chi connectivity index (χ0) is 12.3. The van der Waals surface area contributed by atoms with E-state index in [9.17, 15) is 9.90 Å². The first-order chi connectivity index (χ1) is 8.24. The van der Waals surface area contributed by atoms with Crippen LogP contribution >= 0.6 is 11.8 Å². The summed E-state index contributed by atoms with van der Waals surface area (Å²) < 4.78 is 6.52. The number of carboxylic acid groups (broad SMARTS) is 1. The molecular formula is C11H12N2O3S. The van der Waals surface area contributed by atoms with Gasteiger partial charge in [-0.25, -0.2) is 9.78 Å². The Morgan fingerprint density at radius 2 is 2.41 bits per heavy atom. The summed E-state index contributed by atoms with van der Waals surface area (Å²) in [6.07, 6.45) is 1.70. The fraction of sp³-hybridized carbons (Fsp3) is 0.273. The minimum absolute atomic E-state index is 0.210. The molecule has 1 N–H and O–H groups in total. The smallest absolute Gasteiger partial charge is 0.355 e. The van der Waals surface area contributed by atoms with E-state index >= 15 is 0 Å². The largest absolute Gasteiger partial charge is 0.476 e. The number of methoxy groups -OCH3 is 1. The maximum absolute atomic E-state index is 11.2. The van der Waals surface area contributed by atoms with Crippen molar-refractivity contribution in [3.63, 3.8) is 0 Å². The Labute approximate surface area is 102 Å². The van der Waals surface area contributed by atoms with Crippen LogP contribution < -0.4 is 0 Å². The first-order valence-corrected chi connectivity index (χ1v) is 6.04. The van der Waals surface area contributed by atoms with Crippen LogP contribution in [0.1, 0.15) is 10.5 Å². The summed E-state index contributed by atoms with van der Waals surface area (Å²) >= 11 is 1.39. The number of ether oxygens (including phenoxy) is 1. The van der Waals surface area contributed by atoms with Crippen LogP contribution in [0, 0.1) is 0 Å². The number of carbonyl (C=O) groups is 1. The van der Waals surface area contributed by atoms with Crippen molar-refractivity contribution in [2.45, 2.75) is 5.03 Å². The van der Waals surface area contributed by atoms with Gasteiger partial charge in [0.25, 0.3) is 0 Å².